The largest absolute Gasteiger partial charge is 0.449 e. The summed E-state index contributed by atoms with van der Waals surface area (Å²) in [6.45, 7) is 4.86. The molecular formula is C20H22ClN5O4S. The second kappa shape index (κ2) is 11.6. The third-order valence-corrected chi connectivity index (χ3v) is 4.98. The van der Waals surface area contributed by atoms with Crippen LogP contribution >= 0.6 is 23.8 Å². The Labute approximate surface area is 190 Å². The Morgan fingerprint density at radius 3 is 2.81 bits per heavy atom. The van der Waals surface area contributed by atoms with Crippen LogP contribution in [0.2, 0.25) is 5.02 Å². The molecule has 2 N–H and O–H groups in total. The zero-order valence-electron chi connectivity index (χ0n) is 16.6. The second-order valence-corrected chi connectivity index (χ2v) is 7.41. The first-order valence-electron chi connectivity index (χ1n) is 9.61. The molecule has 3 rings (SSSR count). The fourth-order valence-corrected chi connectivity index (χ4v) is 3.18. The van der Waals surface area contributed by atoms with Crippen LogP contribution in [0.3, 0.4) is 0 Å². The Hall–Kier alpha value is -2.79. The predicted octanol–water partition coefficient (Wildman–Crippen LogP) is 3.17. The van der Waals surface area contributed by atoms with Gasteiger partial charge in [-0.2, -0.15) is 5.10 Å². The van der Waals surface area contributed by atoms with Gasteiger partial charge in [0.1, 0.15) is 5.75 Å². The molecule has 1 aliphatic rings. The molecule has 0 radical (unpaired) electrons. The number of rotatable bonds is 8. The first-order valence-corrected chi connectivity index (χ1v) is 10.4. The van der Waals surface area contributed by atoms with Crippen LogP contribution in [-0.4, -0.2) is 60.5 Å². The number of thiocarbonyl (C=S) groups is 1. The van der Waals surface area contributed by atoms with Gasteiger partial charge in [0, 0.05) is 37.8 Å². The van der Waals surface area contributed by atoms with Crippen molar-refractivity contribution in [1.82, 2.24) is 15.6 Å². The topological polar surface area (TPSA) is 101 Å². The van der Waals surface area contributed by atoms with E-state index in [4.69, 9.17) is 33.3 Å². The quantitative estimate of drug-likeness (QED) is 0.266. The number of benzene rings is 2. The lowest BCUT2D eigenvalue weighted by Crippen LogP contribution is -2.42. The minimum atomic E-state index is -0.519. The molecule has 0 bridgehead atoms. The van der Waals surface area contributed by atoms with Crippen molar-refractivity contribution in [3.8, 4) is 11.5 Å². The standard InChI is InChI=1S/C20H22ClN5O4S/c21-16-3-1-2-4-18(16)30-19-6-5-15(13-17(19)26(27)28)14-23-24-20(31)22-7-8-25-9-11-29-12-10-25/h1-6,13-14H,7-12H2,(H2,22,24,31)/b23-14-. The summed E-state index contributed by atoms with van der Waals surface area (Å²) >= 11 is 11.3. The molecule has 164 valence electrons. The Balaban J connectivity index is 1.54. The number of hydrazone groups is 1. The van der Waals surface area contributed by atoms with E-state index >= 15 is 0 Å². The van der Waals surface area contributed by atoms with Gasteiger partial charge in [0.2, 0.25) is 5.75 Å². The van der Waals surface area contributed by atoms with E-state index in [1.807, 2.05) is 0 Å². The maximum absolute atomic E-state index is 11.5. The van der Waals surface area contributed by atoms with E-state index in [9.17, 15) is 10.1 Å². The molecule has 0 unspecified atom stereocenters. The molecule has 0 aromatic heterocycles. The van der Waals surface area contributed by atoms with Crippen molar-refractivity contribution in [2.45, 2.75) is 0 Å². The molecule has 9 nitrogen and oxygen atoms in total. The van der Waals surface area contributed by atoms with Gasteiger partial charge in [0.05, 0.1) is 29.4 Å². The van der Waals surface area contributed by atoms with Crippen molar-refractivity contribution in [2.75, 3.05) is 39.4 Å². The van der Waals surface area contributed by atoms with Crippen molar-refractivity contribution >= 4 is 40.8 Å². The van der Waals surface area contributed by atoms with Gasteiger partial charge < -0.3 is 14.8 Å². The van der Waals surface area contributed by atoms with Crippen molar-refractivity contribution < 1.29 is 14.4 Å². The lowest BCUT2D eigenvalue weighted by molar-refractivity contribution is -0.385. The summed E-state index contributed by atoms with van der Waals surface area (Å²) in [5.74, 6) is 0.423. The Morgan fingerprint density at radius 2 is 2.06 bits per heavy atom. The summed E-state index contributed by atoms with van der Waals surface area (Å²) in [4.78, 5) is 13.2. The van der Waals surface area contributed by atoms with Crippen molar-refractivity contribution in [1.29, 1.82) is 0 Å². The smallest absolute Gasteiger partial charge is 0.312 e. The number of hydrogen-bond acceptors (Lipinski definition) is 7. The highest BCUT2D eigenvalue weighted by Crippen LogP contribution is 2.35. The van der Waals surface area contributed by atoms with Crippen LogP contribution in [0.4, 0.5) is 5.69 Å². The van der Waals surface area contributed by atoms with E-state index in [1.54, 1.807) is 30.3 Å². The zero-order valence-corrected chi connectivity index (χ0v) is 18.2. The molecule has 0 spiro atoms. The van der Waals surface area contributed by atoms with Gasteiger partial charge in [0.25, 0.3) is 0 Å². The molecule has 31 heavy (non-hydrogen) atoms. The van der Waals surface area contributed by atoms with Gasteiger partial charge in [-0.1, -0.05) is 23.7 Å². The third-order valence-electron chi connectivity index (χ3n) is 4.43. The first-order chi connectivity index (χ1) is 15.0. The van der Waals surface area contributed by atoms with Crippen molar-refractivity contribution in [3.63, 3.8) is 0 Å². The summed E-state index contributed by atoms with van der Waals surface area (Å²) in [6, 6.07) is 11.3. The van der Waals surface area contributed by atoms with Crippen LogP contribution in [0, 0.1) is 10.1 Å². The summed E-state index contributed by atoms with van der Waals surface area (Å²) in [5.41, 5.74) is 3.02. The van der Waals surface area contributed by atoms with Gasteiger partial charge in [-0.05, 0) is 36.5 Å². The predicted molar refractivity (Wildman–Crippen MR) is 123 cm³/mol. The zero-order chi connectivity index (χ0) is 22.1. The van der Waals surface area contributed by atoms with Gasteiger partial charge in [-0.3, -0.25) is 20.4 Å². The van der Waals surface area contributed by atoms with E-state index in [-0.39, 0.29) is 11.4 Å². The fraction of sp³-hybridized carbons (Fsp3) is 0.300. The normalized spacial score (nSPS) is 14.4. The van der Waals surface area contributed by atoms with E-state index in [2.05, 4.69) is 20.7 Å². The maximum Gasteiger partial charge on any atom is 0.312 e. The molecule has 1 saturated heterocycles. The Morgan fingerprint density at radius 1 is 1.29 bits per heavy atom. The van der Waals surface area contributed by atoms with E-state index in [0.29, 0.717) is 28.0 Å². The Bertz CT molecular complexity index is 953. The van der Waals surface area contributed by atoms with Gasteiger partial charge in [0.15, 0.2) is 5.11 Å². The average molecular weight is 464 g/mol. The summed E-state index contributed by atoms with van der Waals surface area (Å²) in [6.07, 6.45) is 1.45. The highest BCUT2D eigenvalue weighted by Gasteiger charge is 2.17. The molecule has 1 heterocycles. The summed E-state index contributed by atoms with van der Waals surface area (Å²) in [5, 5.41) is 19.3. The SMILES string of the molecule is O=[N+]([O-])c1cc(/C=N\NC(=S)NCCN2CCOCC2)ccc1Oc1ccccc1Cl. The highest BCUT2D eigenvalue weighted by atomic mass is 35.5. The minimum Gasteiger partial charge on any atom is -0.449 e. The molecule has 1 fully saturated rings. The Kier molecular flexibility index (Phi) is 8.53. The number of nitro benzene ring substituents is 1. The number of nitrogens with zero attached hydrogens (tertiary/aromatic N) is 3. The number of ether oxygens (including phenoxy) is 2. The number of hydrogen-bond donors (Lipinski definition) is 2. The summed E-state index contributed by atoms with van der Waals surface area (Å²) < 4.78 is 10.9. The molecule has 11 heteroatoms. The average Bonchev–Trinajstić information content (AvgIpc) is 2.77. The van der Waals surface area contributed by atoms with Crippen LogP contribution in [0.5, 0.6) is 11.5 Å². The van der Waals surface area contributed by atoms with Crippen LogP contribution in [0.15, 0.2) is 47.6 Å². The molecule has 0 amide bonds. The van der Waals surface area contributed by atoms with Crippen molar-refractivity contribution in [3.05, 3.63) is 63.2 Å². The molecule has 0 atom stereocenters. The number of nitro groups is 1. The van der Waals surface area contributed by atoms with Crippen LogP contribution in [0.25, 0.3) is 0 Å². The number of para-hydroxylation sites is 1. The van der Waals surface area contributed by atoms with E-state index in [1.165, 1.54) is 18.3 Å². The van der Waals surface area contributed by atoms with Gasteiger partial charge in [-0.15, -0.1) is 0 Å². The van der Waals surface area contributed by atoms with Crippen LogP contribution in [-0.2, 0) is 4.74 Å². The van der Waals surface area contributed by atoms with Crippen molar-refractivity contribution in [2.24, 2.45) is 5.10 Å². The number of nitrogens with one attached hydrogen (secondary N) is 2. The molecule has 1 aliphatic heterocycles. The lowest BCUT2D eigenvalue weighted by atomic mass is 10.2. The maximum atomic E-state index is 11.5. The lowest BCUT2D eigenvalue weighted by Gasteiger charge is -2.26. The highest BCUT2D eigenvalue weighted by molar-refractivity contribution is 7.80. The minimum absolute atomic E-state index is 0.0866. The molecule has 2 aromatic rings. The molecule has 2 aromatic carbocycles. The van der Waals surface area contributed by atoms with Crippen LogP contribution < -0.4 is 15.5 Å². The fourth-order valence-electron chi connectivity index (χ4n) is 2.85. The van der Waals surface area contributed by atoms with E-state index < -0.39 is 4.92 Å². The molecular weight excluding hydrogens is 442 g/mol. The summed E-state index contributed by atoms with van der Waals surface area (Å²) in [7, 11) is 0. The molecule has 0 saturated carbocycles. The number of halogens is 1. The van der Waals surface area contributed by atoms with E-state index in [0.717, 1.165) is 32.8 Å². The third kappa shape index (κ3) is 7.14. The van der Waals surface area contributed by atoms with Gasteiger partial charge >= 0.3 is 5.69 Å². The first kappa shape index (κ1) is 22.9. The number of morpholine rings is 1. The van der Waals surface area contributed by atoms with Crippen LogP contribution in [0.1, 0.15) is 5.56 Å². The van der Waals surface area contributed by atoms with Gasteiger partial charge in [-0.25, -0.2) is 0 Å². The second-order valence-electron chi connectivity index (χ2n) is 6.60. The monoisotopic (exact) mass is 463 g/mol. The molecule has 0 aliphatic carbocycles.